The molecule has 2 N–H and O–H groups in total. The third-order valence-electron chi connectivity index (χ3n) is 5.26. The number of carbonyl (C=O) groups excluding carboxylic acids is 2. The minimum Gasteiger partial charge on any atom is -0.352 e. The van der Waals surface area contributed by atoms with Crippen LogP contribution in [0.2, 0.25) is 0 Å². The summed E-state index contributed by atoms with van der Waals surface area (Å²) in [5.74, 6) is -0.132. The Morgan fingerprint density at radius 3 is 2.70 bits per heavy atom. The van der Waals surface area contributed by atoms with Gasteiger partial charge in [-0.05, 0) is 55.2 Å². The van der Waals surface area contributed by atoms with Crippen molar-refractivity contribution in [2.45, 2.75) is 33.2 Å². The quantitative estimate of drug-likeness (QED) is 0.452. The van der Waals surface area contributed by atoms with E-state index in [-0.39, 0.29) is 11.8 Å². The lowest BCUT2D eigenvalue weighted by atomic mass is 10.2. The zero-order valence-electron chi connectivity index (χ0n) is 17.7. The highest BCUT2D eigenvalue weighted by molar-refractivity contribution is 7.08. The lowest BCUT2D eigenvalue weighted by Crippen LogP contribution is -2.26. The van der Waals surface area contributed by atoms with Crippen molar-refractivity contribution in [3.63, 3.8) is 0 Å². The van der Waals surface area contributed by atoms with Crippen LogP contribution >= 0.6 is 11.3 Å². The van der Waals surface area contributed by atoms with Gasteiger partial charge in [0.15, 0.2) is 0 Å². The van der Waals surface area contributed by atoms with Crippen molar-refractivity contribution < 1.29 is 9.59 Å². The Kier molecular flexibility index (Phi) is 8.04. The molecular weight excluding hydrogens is 396 g/mol. The Bertz CT molecular complexity index is 961. The summed E-state index contributed by atoms with van der Waals surface area (Å²) in [6.07, 6.45) is 3.08. The molecule has 0 fully saturated rings. The van der Waals surface area contributed by atoms with Gasteiger partial charge in [0.25, 0.3) is 5.91 Å². The number of carbonyl (C=O) groups is 2. The number of fused-ring (bicyclic) bond motifs is 1. The van der Waals surface area contributed by atoms with E-state index in [1.165, 1.54) is 16.9 Å². The fourth-order valence-electron chi connectivity index (χ4n) is 3.43. The number of hydrogen-bond acceptors (Lipinski definition) is 4. The van der Waals surface area contributed by atoms with Crippen LogP contribution in [0.15, 0.2) is 47.3 Å². The molecule has 1 aromatic carbocycles. The van der Waals surface area contributed by atoms with E-state index in [0.29, 0.717) is 24.9 Å². The lowest BCUT2D eigenvalue weighted by Gasteiger charge is -2.18. The van der Waals surface area contributed by atoms with Gasteiger partial charge >= 0.3 is 0 Å². The molecule has 30 heavy (non-hydrogen) atoms. The van der Waals surface area contributed by atoms with Crippen molar-refractivity contribution in [3.05, 3.63) is 52.9 Å². The van der Waals surface area contributed by atoms with Gasteiger partial charge in [-0.15, -0.1) is 0 Å². The highest BCUT2D eigenvalue weighted by Gasteiger charge is 2.08. The summed E-state index contributed by atoms with van der Waals surface area (Å²) in [5.41, 5.74) is 2.65. The summed E-state index contributed by atoms with van der Waals surface area (Å²) in [7, 11) is 0. The van der Waals surface area contributed by atoms with Gasteiger partial charge in [0.2, 0.25) is 5.91 Å². The predicted octanol–water partition coefficient (Wildman–Crippen LogP) is 4.19. The SMILES string of the molecule is CCN(CC)CCn1ccc2cc(NC(=O)CCCNC(=O)c3ccsc3)ccc21. The van der Waals surface area contributed by atoms with Crippen LogP contribution in [-0.4, -0.2) is 47.5 Å². The standard InChI is InChI=1S/C23H30N4O2S/c1-3-26(4-2)13-14-27-12-9-18-16-20(7-8-21(18)27)25-22(28)6-5-11-24-23(29)19-10-15-30-17-19/h7-10,12,15-17H,3-6,11,13-14H2,1-2H3,(H,24,29)(H,25,28). The molecule has 0 unspecified atom stereocenters. The zero-order valence-corrected chi connectivity index (χ0v) is 18.5. The Balaban J connectivity index is 1.46. The average molecular weight is 427 g/mol. The van der Waals surface area contributed by atoms with Gasteiger partial charge in [0.1, 0.15) is 0 Å². The number of amides is 2. The molecule has 2 aromatic heterocycles. The first-order valence-corrected chi connectivity index (χ1v) is 11.5. The molecule has 0 aliphatic rings. The molecular formula is C23H30N4O2S. The highest BCUT2D eigenvalue weighted by Crippen LogP contribution is 2.21. The van der Waals surface area contributed by atoms with Gasteiger partial charge in [-0.2, -0.15) is 11.3 Å². The van der Waals surface area contributed by atoms with Crippen LogP contribution in [0.1, 0.15) is 37.0 Å². The molecule has 0 aliphatic heterocycles. The number of hydrogen-bond donors (Lipinski definition) is 2. The summed E-state index contributed by atoms with van der Waals surface area (Å²) in [6, 6.07) is 9.91. The Hall–Kier alpha value is -2.64. The van der Waals surface area contributed by atoms with Crippen molar-refractivity contribution in [2.75, 3.05) is 31.5 Å². The molecule has 7 heteroatoms. The number of nitrogens with zero attached hydrogens (tertiary/aromatic N) is 2. The maximum atomic E-state index is 12.2. The molecule has 160 valence electrons. The van der Waals surface area contributed by atoms with Crippen LogP contribution in [0.5, 0.6) is 0 Å². The van der Waals surface area contributed by atoms with Crippen LogP contribution in [0.25, 0.3) is 10.9 Å². The maximum Gasteiger partial charge on any atom is 0.252 e. The molecule has 0 atom stereocenters. The van der Waals surface area contributed by atoms with E-state index >= 15 is 0 Å². The van der Waals surface area contributed by atoms with E-state index in [1.807, 2.05) is 22.9 Å². The largest absolute Gasteiger partial charge is 0.352 e. The second kappa shape index (κ2) is 10.9. The first-order valence-electron chi connectivity index (χ1n) is 10.5. The maximum absolute atomic E-state index is 12.2. The van der Waals surface area contributed by atoms with Gasteiger partial charge in [-0.25, -0.2) is 0 Å². The van der Waals surface area contributed by atoms with Crippen molar-refractivity contribution in [3.8, 4) is 0 Å². The smallest absolute Gasteiger partial charge is 0.252 e. The molecule has 0 spiro atoms. The van der Waals surface area contributed by atoms with E-state index in [2.05, 4.69) is 52.3 Å². The average Bonchev–Trinajstić information content (AvgIpc) is 3.42. The Labute approximate surface area is 181 Å². The van der Waals surface area contributed by atoms with Gasteiger partial charge < -0.3 is 20.1 Å². The minimum atomic E-state index is -0.0902. The summed E-state index contributed by atoms with van der Waals surface area (Å²) in [4.78, 5) is 26.5. The topological polar surface area (TPSA) is 66.4 Å². The molecule has 2 heterocycles. The number of nitrogens with one attached hydrogen (secondary N) is 2. The Morgan fingerprint density at radius 1 is 1.13 bits per heavy atom. The molecule has 0 saturated carbocycles. The monoisotopic (exact) mass is 426 g/mol. The highest BCUT2D eigenvalue weighted by atomic mass is 32.1. The predicted molar refractivity (Wildman–Crippen MR) is 124 cm³/mol. The second-order valence-electron chi connectivity index (χ2n) is 7.23. The molecule has 0 radical (unpaired) electrons. The number of likely N-dealkylation sites (N-methyl/N-ethyl adjacent to an activating group) is 1. The van der Waals surface area contributed by atoms with Crippen LogP contribution in [0.3, 0.4) is 0 Å². The zero-order chi connectivity index (χ0) is 21.3. The van der Waals surface area contributed by atoms with E-state index in [1.54, 1.807) is 6.07 Å². The van der Waals surface area contributed by atoms with E-state index < -0.39 is 0 Å². The van der Waals surface area contributed by atoms with E-state index in [4.69, 9.17) is 0 Å². The van der Waals surface area contributed by atoms with Crippen LogP contribution in [0.4, 0.5) is 5.69 Å². The third-order valence-corrected chi connectivity index (χ3v) is 5.94. The number of rotatable bonds is 11. The van der Waals surface area contributed by atoms with Crippen molar-refractivity contribution in [1.29, 1.82) is 0 Å². The normalized spacial score (nSPS) is 11.2. The number of aromatic nitrogens is 1. The van der Waals surface area contributed by atoms with Gasteiger partial charge in [0, 0.05) is 59.8 Å². The molecule has 3 aromatic rings. The van der Waals surface area contributed by atoms with Crippen LogP contribution < -0.4 is 10.6 Å². The van der Waals surface area contributed by atoms with Crippen LogP contribution in [0, 0.1) is 0 Å². The number of thiophene rings is 1. The third kappa shape index (κ3) is 5.93. The molecule has 6 nitrogen and oxygen atoms in total. The summed E-state index contributed by atoms with van der Waals surface area (Å²) < 4.78 is 2.26. The molecule has 0 aliphatic carbocycles. The van der Waals surface area contributed by atoms with E-state index in [9.17, 15) is 9.59 Å². The summed E-state index contributed by atoms with van der Waals surface area (Å²) in [6.45, 7) is 8.95. The molecule has 2 amide bonds. The first-order chi connectivity index (χ1) is 14.6. The number of benzene rings is 1. The summed E-state index contributed by atoms with van der Waals surface area (Å²) in [5, 5.41) is 10.6. The molecule has 0 bridgehead atoms. The van der Waals surface area contributed by atoms with Crippen molar-refractivity contribution in [2.24, 2.45) is 0 Å². The van der Waals surface area contributed by atoms with Gasteiger partial charge in [0.05, 0.1) is 0 Å². The van der Waals surface area contributed by atoms with Crippen molar-refractivity contribution >= 4 is 39.7 Å². The van der Waals surface area contributed by atoms with Gasteiger partial charge in [-0.1, -0.05) is 13.8 Å². The number of anilines is 1. The van der Waals surface area contributed by atoms with Gasteiger partial charge in [-0.3, -0.25) is 9.59 Å². The fraction of sp³-hybridized carbons (Fsp3) is 0.391. The lowest BCUT2D eigenvalue weighted by molar-refractivity contribution is -0.116. The van der Waals surface area contributed by atoms with E-state index in [0.717, 1.165) is 37.3 Å². The Morgan fingerprint density at radius 2 is 1.97 bits per heavy atom. The minimum absolute atomic E-state index is 0.0416. The molecule has 3 rings (SSSR count). The molecule has 0 saturated heterocycles. The summed E-state index contributed by atoms with van der Waals surface area (Å²) >= 11 is 1.49. The second-order valence-corrected chi connectivity index (χ2v) is 8.01. The van der Waals surface area contributed by atoms with Crippen LogP contribution in [-0.2, 0) is 11.3 Å². The fourth-order valence-corrected chi connectivity index (χ4v) is 4.07. The van der Waals surface area contributed by atoms with Crippen molar-refractivity contribution in [1.82, 2.24) is 14.8 Å². The first kappa shape index (κ1) is 22.1.